The van der Waals surface area contributed by atoms with Gasteiger partial charge in [-0.2, -0.15) is 0 Å². The number of carbonyl (C=O) groups is 5. The topological polar surface area (TPSA) is 118 Å². The van der Waals surface area contributed by atoms with E-state index in [0.29, 0.717) is 29.9 Å². The summed E-state index contributed by atoms with van der Waals surface area (Å²) in [6, 6.07) is 13.8. The Hall–Kier alpha value is -4.38. The second-order valence-corrected chi connectivity index (χ2v) is 10.5. The van der Waals surface area contributed by atoms with Crippen molar-refractivity contribution in [3.63, 3.8) is 0 Å². The number of imide groups is 1. The van der Waals surface area contributed by atoms with Crippen molar-refractivity contribution < 1.29 is 28.7 Å². The van der Waals surface area contributed by atoms with Gasteiger partial charge in [0, 0.05) is 41.4 Å². The second-order valence-electron chi connectivity index (χ2n) is 9.56. The Morgan fingerprint density at radius 1 is 0.975 bits per heavy atom. The molecule has 0 bridgehead atoms. The van der Waals surface area contributed by atoms with Gasteiger partial charge in [-0.15, -0.1) is 0 Å². The largest absolute Gasteiger partial charge is 0.465 e. The number of carbonyl (C=O) groups excluding carboxylic acids is 5. The molecule has 1 aromatic heterocycles. The highest BCUT2D eigenvalue weighted by Crippen LogP contribution is 2.34. The first kappa shape index (κ1) is 27.2. The molecular formula is C29H28N4O6S. The van der Waals surface area contributed by atoms with Gasteiger partial charge in [0.2, 0.25) is 11.8 Å². The molecule has 2 fully saturated rings. The van der Waals surface area contributed by atoms with Crippen molar-refractivity contribution in [3.8, 4) is 0 Å². The number of fused-ring (bicyclic) bond motifs is 1. The van der Waals surface area contributed by atoms with Crippen LogP contribution in [-0.2, 0) is 25.7 Å². The van der Waals surface area contributed by atoms with E-state index in [1.54, 1.807) is 46.0 Å². The average molecular weight is 561 g/mol. The second kappa shape index (κ2) is 11.8. The van der Waals surface area contributed by atoms with E-state index < -0.39 is 17.1 Å². The van der Waals surface area contributed by atoms with Crippen molar-refractivity contribution in [1.29, 1.82) is 0 Å². The molecule has 2 saturated heterocycles. The van der Waals surface area contributed by atoms with Gasteiger partial charge in [-0.05, 0) is 67.4 Å². The van der Waals surface area contributed by atoms with Crippen LogP contribution in [-0.4, -0.2) is 70.0 Å². The lowest BCUT2D eigenvalue weighted by Crippen LogP contribution is -2.44. The maximum atomic E-state index is 13.1. The molecule has 5 rings (SSSR count). The molecule has 3 heterocycles. The summed E-state index contributed by atoms with van der Waals surface area (Å²) in [5, 5.41) is 3.16. The van der Waals surface area contributed by atoms with Crippen molar-refractivity contribution in [2.24, 2.45) is 0 Å². The molecule has 1 N–H and O–H groups in total. The molecule has 0 unspecified atom stereocenters. The summed E-state index contributed by atoms with van der Waals surface area (Å²) in [4.78, 5) is 65.8. The van der Waals surface area contributed by atoms with Crippen LogP contribution in [0.5, 0.6) is 0 Å². The first-order chi connectivity index (χ1) is 19.3. The van der Waals surface area contributed by atoms with Crippen LogP contribution in [0.25, 0.3) is 17.0 Å². The number of likely N-dealkylation sites (tertiary alicyclic amines) is 1. The zero-order valence-corrected chi connectivity index (χ0v) is 22.7. The number of amides is 4. The minimum atomic E-state index is -0.495. The normalized spacial score (nSPS) is 16.6. The third kappa shape index (κ3) is 5.79. The van der Waals surface area contributed by atoms with Gasteiger partial charge in [-0.3, -0.25) is 24.1 Å². The summed E-state index contributed by atoms with van der Waals surface area (Å²) in [7, 11) is 1.30. The average Bonchev–Trinajstić information content (AvgIpc) is 3.44. The maximum absolute atomic E-state index is 13.1. The fraction of sp³-hybridized carbons (Fsp3) is 0.276. The number of hydrogen-bond acceptors (Lipinski definition) is 7. The van der Waals surface area contributed by atoms with E-state index in [0.717, 1.165) is 46.8 Å². The Bertz CT molecular complexity index is 1520. The predicted octanol–water partition coefficient (Wildman–Crippen LogP) is 4.12. The molecule has 2 aromatic carbocycles. The molecule has 0 atom stereocenters. The van der Waals surface area contributed by atoms with E-state index in [4.69, 9.17) is 4.74 Å². The number of aromatic nitrogens is 1. The number of hydrogen-bond donors (Lipinski definition) is 1. The third-order valence-electron chi connectivity index (χ3n) is 6.89. The summed E-state index contributed by atoms with van der Waals surface area (Å²) >= 11 is 0.810. The van der Waals surface area contributed by atoms with E-state index in [9.17, 15) is 24.0 Å². The standard InChI is InChI=1S/C29H28N4O6S/c1-39-28(37)19-9-11-21(12-10-19)30-25(34)17-32-16-20(22-7-3-4-8-23(22)32)15-24-27(36)33(29(38)40-24)18-26(35)31-13-5-2-6-14-31/h3-4,7-12,15-16H,2,5-6,13-14,17-18H2,1H3,(H,30,34)/b24-15-. The van der Waals surface area contributed by atoms with Crippen LogP contribution in [0.4, 0.5) is 10.5 Å². The number of para-hydroxylation sites is 1. The summed E-state index contributed by atoms with van der Waals surface area (Å²) in [5.41, 5.74) is 2.37. The molecule has 0 spiro atoms. The number of thioether (sulfide) groups is 1. The van der Waals surface area contributed by atoms with Crippen LogP contribution in [0.15, 0.2) is 59.6 Å². The van der Waals surface area contributed by atoms with Crippen molar-refractivity contribution in [3.05, 3.63) is 70.8 Å². The lowest BCUT2D eigenvalue weighted by atomic mass is 10.1. The fourth-order valence-corrected chi connectivity index (χ4v) is 5.67. The number of benzene rings is 2. The number of anilines is 1. The Morgan fingerprint density at radius 2 is 1.70 bits per heavy atom. The van der Waals surface area contributed by atoms with Crippen molar-refractivity contribution >= 4 is 63.4 Å². The lowest BCUT2D eigenvalue weighted by Gasteiger charge is -2.27. The van der Waals surface area contributed by atoms with Crippen molar-refractivity contribution in [1.82, 2.24) is 14.4 Å². The number of esters is 1. The molecular weight excluding hydrogens is 532 g/mol. The minimum Gasteiger partial charge on any atom is -0.465 e. The van der Waals surface area contributed by atoms with Crippen LogP contribution in [0, 0.1) is 0 Å². The molecule has 2 aliphatic heterocycles. The highest BCUT2D eigenvalue weighted by molar-refractivity contribution is 8.18. The molecule has 0 radical (unpaired) electrons. The molecule has 2 aliphatic rings. The quantitative estimate of drug-likeness (QED) is 0.341. The number of methoxy groups -OCH3 is 1. The highest BCUT2D eigenvalue weighted by atomic mass is 32.2. The van der Waals surface area contributed by atoms with E-state index in [1.165, 1.54) is 7.11 Å². The van der Waals surface area contributed by atoms with Gasteiger partial charge in [0.15, 0.2) is 0 Å². The Morgan fingerprint density at radius 3 is 2.42 bits per heavy atom. The van der Waals surface area contributed by atoms with Crippen molar-refractivity contribution in [2.45, 2.75) is 25.8 Å². The summed E-state index contributed by atoms with van der Waals surface area (Å²) < 4.78 is 6.46. The van der Waals surface area contributed by atoms with Crippen molar-refractivity contribution in [2.75, 3.05) is 32.1 Å². The Kier molecular flexibility index (Phi) is 8.01. The number of piperidine rings is 1. The number of nitrogens with one attached hydrogen (secondary N) is 1. The maximum Gasteiger partial charge on any atom is 0.337 e. The van der Waals surface area contributed by atoms with Crippen LogP contribution in [0.2, 0.25) is 0 Å². The molecule has 206 valence electrons. The minimum absolute atomic E-state index is 0.00107. The molecule has 40 heavy (non-hydrogen) atoms. The molecule has 3 aromatic rings. The molecule has 4 amide bonds. The van der Waals surface area contributed by atoms with Crippen LogP contribution < -0.4 is 5.32 Å². The molecule has 0 aliphatic carbocycles. The number of nitrogens with zero attached hydrogens (tertiary/aromatic N) is 3. The molecule has 0 saturated carbocycles. The fourth-order valence-electron chi connectivity index (χ4n) is 4.84. The molecule has 10 nitrogen and oxygen atoms in total. The van der Waals surface area contributed by atoms with Crippen LogP contribution >= 0.6 is 11.8 Å². The first-order valence-electron chi connectivity index (χ1n) is 12.9. The summed E-state index contributed by atoms with van der Waals surface area (Å²) in [6.45, 7) is 1.04. The van der Waals surface area contributed by atoms with Gasteiger partial charge in [-0.1, -0.05) is 18.2 Å². The van der Waals surface area contributed by atoms with Gasteiger partial charge in [0.05, 0.1) is 17.6 Å². The van der Waals surface area contributed by atoms with Gasteiger partial charge in [-0.25, -0.2) is 4.79 Å². The SMILES string of the molecule is COC(=O)c1ccc(NC(=O)Cn2cc(/C=C3\SC(=O)N(CC(=O)N4CCCCC4)C3=O)c3ccccc32)cc1. The smallest absolute Gasteiger partial charge is 0.337 e. The zero-order valence-electron chi connectivity index (χ0n) is 21.9. The third-order valence-corrected chi connectivity index (χ3v) is 7.79. The highest BCUT2D eigenvalue weighted by Gasteiger charge is 2.37. The number of rotatable bonds is 7. The van der Waals surface area contributed by atoms with Crippen LogP contribution in [0.1, 0.15) is 35.2 Å². The van der Waals surface area contributed by atoms with E-state index in [1.807, 2.05) is 24.3 Å². The lowest BCUT2D eigenvalue weighted by molar-refractivity contribution is -0.136. The van der Waals surface area contributed by atoms with E-state index >= 15 is 0 Å². The zero-order chi connectivity index (χ0) is 28.2. The van der Waals surface area contributed by atoms with Gasteiger partial charge >= 0.3 is 5.97 Å². The van der Waals surface area contributed by atoms with E-state index in [2.05, 4.69) is 5.32 Å². The monoisotopic (exact) mass is 560 g/mol. The Labute approximate surface area is 234 Å². The van der Waals surface area contributed by atoms with E-state index in [-0.39, 0.29) is 29.8 Å². The summed E-state index contributed by atoms with van der Waals surface area (Å²) in [5.74, 6) is -1.46. The first-order valence-corrected chi connectivity index (χ1v) is 13.7. The number of ether oxygens (including phenoxy) is 1. The van der Waals surface area contributed by atoms with Gasteiger partial charge in [0.25, 0.3) is 11.1 Å². The van der Waals surface area contributed by atoms with Gasteiger partial charge < -0.3 is 19.5 Å². The summed E-state index contributed by atoms with van der Waals surface area (Å²) in [6.07, 6.45) is 6.33. The molecule has 11 heteroatoms. The Balaban J connectivity index is 1.31. The van der Waals surface area contributed by atoms with Crippen LogP contribution in [0.3, 0.4) is 0 Å². The van der Waals surface area contributed by atoms with Gasteiger partial charge in [0.1, 0.15) is 13.1 Å². The predicted molar refractivity (Wildman–Crippen MR) is 151 cm³/mol.